The first-order valence-corrected chi connectivity index (χ1v) is 12.2. The molecule has 1 amide bonds. The van der Waals surface area contributed by atoms with Crippen molar-refractivity contribution in [1.82, 2.24) is 5.32 Å². The lowest BCUT2D eigenvalue weighted by molar-refractivity contribution is -0.139. The van der Waals surface area contributed by atoms with E-state index in [1.807, 2.05) is 78.9 Å². The quantitative estimate of drug-likeness (QED) is 0.276. The highest BCUT2D eigenvalue weighted by Gasteiger charge is 2.23. The normalized spacial score (nSPS) is 12.1. The molecule has 0 heterocycles. The summed E-state index contributed by atoms with van der Waals surface area (Å²) in [4.78, 5) is 25.0. The minimum Gasteiger partial charge on any atom is -0.507 e. The van der Waals surface area contributed by atoms with Crippen molar-refractivity contribution in [2.45, 2.75) is 38.6 Å². The predicted molar refractivity (Wildman–Crippen MR) is 147 cm³/mol. The minimum atomic E-state index is -1.15. The number of aromatic hydroxyl groups is 1. The van der Waals surface area contributed by atoms with Crippen LogP contribution >= 0.6 is 0 Å². The van der Waals surface area contributed by atoms with Crippen LogP contribution in [0.25, 0.3) is 22.3 Å². The van der Waals surface area contributed by atoms with E-state index in [1.165, 1.54) is 11.6 Å². The van der Waals surface area contributed by atoms with Gasteiger partial charge in [0.2, 0.25) is 0 Å². The molecule has 0 fully saturated rings. The third-order valence-corrected chi connectivity index (χ3v) is 6.43. The van der Waals surface area contributed by atoms with E-state index >= 15 is 0 Å². The van der Waals surface area contributed by atoms with Crippen LogP contribution in [0.1, 0.15) is 42.3 Å². The number of phenols is 1. The Balaban J connectivity index is 1.50. The van der Waals surface area contributed by atoms with Crippen LogP contribution in [-0.2, 0) is 16.6 Å². The molecule has 0 saturated carbocycles. The van der Waals surface area contributed by atoms with Gasteiger partial charge in [-0.15, -0.1) is 0 Å². The smallest absolute Gasteiger partial charge is 0.326 e. The molecule has 0 saturated heterocycles. The van der Waals surface area contributed by atoms with Gasteiger partial charge in [-0.1, -0.05) is 106 Å². The molecule has 4 aromatic carbocycles. The molecule has 188 valence electrons. The van der Waals surface area contributed by atoms with Gasteiger partial charge in [-0.25, -0.2) is 4.79 Å². The Morgan fingerprint density at radius 1 is 0.757 bits per heavy atom. The number of carbonyl (C=O) groups is 2. The van der Waals surface area contributed by atoms with Crippen LogP contribution in [0.4, 0.5) is 0 Å². The maximum Gasteiger partial charge on any atom is 0.326 e. The topological polar surface area (TPSA) is 86.6 Å². The number of hydrogen-bond acceptors (Lipinski definition) is 3. The van der Waals surface area contributed by atoms with Crippen LogP contribution in [0.2, 0.25) is 0 Å². The monoisotopic (exact) mass is 493 g/mol. The van der Waals surface area contributed by atoms with Gasteiger partial charge >= 0.3 is 5.97 Å². The van der Waals surface area contributed by atoms with Gasteiger partial charge < -0.3 is 15.5 Å². The van der Waals surface area contributed by atoms with Gasteiger partial charge in [-0.05, 0) is 50.9 Å². The van der Waals surface area contributed by atoms with Crippen LogP contribution in [0.3, 0.4) is 0 Å². The summed E-state index contributed by atoms with van der Waals surface area (Å²) >= 11 is 0. The second-order valence-corrected chi connectivity index (χ2v) is 10.2. The number of carboxylic acids is 1. The minimum absolute atomic E-state index is 0.0201. The fourth-order valence-electron chi connectivity index (χ4n) is 4.20. The average Bonchev–Trinajstić information content (AvgIpc) is 2.89. The van der Waals surface area contributed by atoms with E-state index < -0.39 is 17.9 Å². The number of carboxylic acid groups (broad SMARTS) is 1. The molecule has 3 N–H and O–H groups in total. The fraction of sp³-hybridized carbons (Fsp3) is 0.188. The highest BCUT2D eigenvalue weighted by atomic mass is 16.4. The van der Waals surface area contributed by atoms with E-state index in [1.54, 1.807) is 12.1 Å². The molecule has 0 spiro atoms. The van der Waals surface area contributed by atoms with Crippen molar-refractivity contribution < 1.29 is 19.8 Å². The molecule has 5 heteroatoms. The van der Waals surface area contributed by atoms with E-state index in [9.17, 15) is 19.8 Å². The van der Waals surface area contributed by atoms with Crippen LogP contribution in [0.15, 0.2) is 97.1 Å². The Hall–Kier alpha value is -4.38. The lowest BCUT2D eigenvalue weighted by atomic mass is 9.86. The van der Waals surface area contributed by atoms with E-state index in [0.717, 1.165) is 27.8 Å². The van der Waals surface area contributed by atoms with Crippen molar-refractivity contribution in [2.75, 3.05) is 0 Å². The first kappa shape index (κ1) is 25.7. The summed E-state index contributed by atoms with van der Waals surface area (Å²) < 4.78 is 0. The van der Waals surface area contributed by atoms with Crippen molar-refractivity contribution in [3.05, 3.63) is 114 Å². The summed E-state index contributed by atoms with van der Waals surface area (Å²) in [6.45, 7) is 6.42. The number of hydrogen-bond donors (Lipinski definition) is 3. The fourth-order valence-corrected chi connectivity index (χ4v) is 4.20. The zero-order chi connectivity index (χ0) is 26.6. The average molecular weight is 494 g/mol. The third-order valence-electron chi connectivity index (χ3n) is 6.43. The lowest BCUT2D eigenvalue weighted by Crippen LogP contribution is -2.42. The Morgan fingerprint density at radius 3 is 1.89 bits per heavy atom. The molecule has 5 nitrogen and oxygen atoms in total. The van der Waals surface area contributed by atoms with E-state index in [-0.39, 0.29) is 23.1 Å². The van der Waals surface area contributed by atoms with Gasteiger partial charge in [0, 0.05) is 6.42 Å². The number of carbonyl (C=O) groups excluding carboxylic acids is 1. The molecule has 0 aliphatic heterocycles. The van der Waals surface area contributed by atoms with Crippen molar-refractivity contribution in [3.8, 4) is 28.0 Å². The number of rotatable bonds is 7. The zero-order valence-corrected chi connectivity index (χ0v) is 21.2. The summed E-state index contributed by atoms with van der Waals surface area (Å²) in [5.74, 6) is -1.99. The second kappa shape index (κ2) is 10.7. The van der Waals surface area contributed by atoms with Crippen LogP contribution in [-0.4, -0.2) is 28.1 Å². The first-order valence-electron chi connectivity index (χ1n) is 12.2. The first-order chi connectivity index (χ1) is 17.6. The molecule has 4 rings (SSSR count). The Morgan fingerprint density at radius 2 is 1.30 bits per heavy atom. The molecule has 1 atom stereocenters. The number of phenolic OH excluding ortho intramolecular Hbond substituents is 1. The largest absolute Gasteiger partial charge is 0.507 e. The SMILES string of the molecule is CC(C)(C)c1ccc(-c2ccc(O)c(C(=O)N[C@@H](Cc3ccc(-c4ccccc4)cc3)C(=O)O)c2)cc1. The van der Waals surface area contributed by atoms with Gasteiger partial charge in [0.1, 0.15) is 11.8 Å². The molecule has 0 aliphatic rings. The zero-order valence-electron chi connectivity index (χ0n) is 21.2. The molecule has 37 heavy (non-hydrogen) atoms. The standard InChI is InChI=1S/C32H31NO4/c1-32(2,3)26-16-13-24(14-17-26)25-15-18-29(34)27(20-25)30(35)33-28(31(36)37)19-21-9-11-23(12-10-21)22-7-5-4-6-8-22/h4-18,20,28,34H,19H2,1-3H3,(H,33,35)(H,36,37)/t28-/m0/s1. The van der Waals surface area contributed by atoms with Crippen LogP contribution < -0.4 is 5.32 Å². The van der Waals surface area contributed by atoms with E-state index in [0.29, 0.717) is 0 Å². The number of aliphatic carboxylic acids is 1. The summed E-state index contributed by atoms with van der Waals surface area (Å²) in [5, 5.41) is 22.7. The second-order valence-electron chi connectivity index (χ2n) is 10.2. The summed E-state index contributed by atoms with van der Waals surface area (Å²) in [6.07, 6.45) is 0.116. The van der Waals surface area contributed by atoms with Crippen molar-refractivity contribution >= 4 is 11.9 Å². The summed E-state index contributed by atoms with van der Waals surface area (Å²) in [7, 11) is 0. The van der Waals surface area contributed by atoms with E-state index in [4.69, 9.17) is 0 Å². The molecule has 0 radical (unpaired) electrons. The lowest BCUT2D eigenvalue weighted by Gasteiger charge is -2.19. The Labute approximate surface area is 217 Å². The van der Waals surface area contributed by atoms with Gasteiger partial charge in [-0.2, -0.15) is 0 Å². The molecule has 4 aromatic rings. The highest BCUT2D eigenvalue weighted by Crippen LogP contribution is 2.29. The molecule has 0 aromatic heterocycles. The Kier molecular flexibility index (Phi) is 7.44. The third kappa shape index (κ3) is 6.25. The predicted octanol–water partition coefficient (Wildman–Crippen LogP) is 6.45. The van der Waals surface area contributed by atoms with Gasteiger partial charge in [0.15, 0.2) is 0 Å². The number of nitrogens with one attached hydrogen (secondary N) is 1. The molecule has 0 bridgehead atoms. The van der Waals surface area contributed by atoms with Crippen molar-refractivity contribution in [1.29, 1.82) is 0 Å². The molecular formula is C32H31NO4. The van der Waals surface area contributed by atoms with Crippen LogP contribution in [0, 0.1) is 0 Å². The Bertz CT molecular complexity index is 1390. The van der Waals surface area contributed by atoms with Gasteiger partial charge in [0.05, 0.1) is 5.56 Å². The maximum atomic E-state index is 13.0. The number of benzene rings is 4. The maximum absolute atomic E-state index is 13.0. The summed E-state index contributed by atoms with van der Waals surface area (Å²) in [6, 6.07) is 29.2. The van der Waals surface area contributed by atoms with Crippen molar-refractivity contribution in [2.24, 2.45) is 0 Å². The van der Waals surface area contributed by atoms with Crippen molar-refractivity contribution in [3.63, 3.8) is 0 Å². The molecular weight excluding hydrogens is 462 g/mol. The molecule has 0 unspecified atom stereocenters. The highest BCUT2D eigenvalue weighted by molar-refractivity contribution is 6.00. The van der Waals surface area contributed by atoms with Gasteiger partial charge in [0.25, 0.3) is 5.91 Å². The molecule has 0 aliphatic carbocycles. The van der Waals surface area contributed by atoms with Crippen LogP contribution in [0.5, 0.6) is 5.75 Å². The van der Waals surface area contributed by atoms with Gasteiger partial charge in [-0.3, -0.25) is 4.79 Å². The van der Waals surface area contributed by atoms with E-state index in [2.05, 4.69) is 26.1 Å². The number of amides is 1. The summed E-state index contributed by atoms with van der Waals surface area (Å²) in [5.41, 5.74) is 5.77.